The molecule has 4 aromatic carbocycles. The number of carboxylic acids is 1. The Balaban J connectivity index is 1.26. The molecule has 0 saturated carbocycles. The lowest BCUT2D eigenvalue weighted by Crippen LogP contribution is -2.38. The van der Waals surface area contributed by atoms with Crippen LogP contribution in [0.5, 0.6) is 5.75 Å². The van der Waals surface area contributed by atoms with Gasteiger partial charge in [-0.15, -0.1) is 0 Å². The van der Waals surface area contributed by atoms with Crippen LogP contribution < -0.4 is 4.74 Å². The van der Waals surface area contributed by atoms with Crippen molar-refractivity contribution in [3.8, 4) is 16.9 Å². The number of thioether (sulfide) groups is 1. The first-order chi connectivity index (χ1) is 21.9. The smallest absolute Gasteiger partial charge is 0.304 e. The van der Waals surface area contributed by atoms with Gasteiger partial charge in [-0.05, 0) is 51.7 Å². The van der Waals surface area contributed by atoms with Gasteiger partial charge in [-0.2, -0.15) is 0 Å². The Labute approximate surface area is 272 Å². The van der Waals surface area contributed by atoms with Gasteiger partial charge in [0.05, 0.1) is 24.5 Å². The maximum Gasteiger partial charge on any atom is 0.304 e. The Hall–Kier alpha value is -4.02. The zero-order valence-electron chi connectivity index (χ0n) is 24.8. The van der Waals surface area contributed by atoms with Gasteiger partial charge in [0.25, 0.3) is 5.91 Å². The van der Waals surface area contributed by atoms with Gasteiger partial charge in [0, 0.05) is 37.7 Å². The Morgan fingerprint density at radius 2 is 1.73 bits per heavy atom. The molecule has 0 spiro atoms. The topological polar surface area (TPSA) is 79.3 Å². The van der Waals surface area contributed by atoms with E-state index in [1.54, 1.807) is 0 Å². The minimum atomic E-state index is -0.918. The summed E-state index contributed by atoms with van der Waals surface area (Å²) >= 11 is 6.86. The summed E-state index contributed by atoms with van der Waals surface area (Å²) < 4.78 is 12.2. The number of carboxylic acid groups (broad SMARTS) is 1. The minimum absolute atomic E-state index is 0.0950. The summed E-state index contributed by atoms with van der Waals surface area (Å²) in [5.41, 5.74) is 3.68. The van der Waals surface area contributed by atoms with E-state index < -0.39 is 5.97 Å². The summed E-state index contributed by atoms with van der Waals surface area (Å²) in [7, 11) is 0. The highest BCUT2D eigenvalue weighted by molar-refractivity contribution is 8.26. The number of fused-ring (bicyclic) bond motifs is 1. The van der Waals surface area contributed by atoms with Gasteiger partial charge in [-0.25, -0.2) is 0 Å². The average molecular weight is 639 g/mol. The molecule has 1 atom stereocenters. The molecule has 2 aliphatic rings. The van der Waals surface area contributed by atoms with Crippen LogP contribution in [0.1, 0.15) is 23.5 Å². The van der Waals surface area contributed by atoms with Gasteiger partial charge in [-0.3, -0.25) is 19.4 Å². The zero-order chi connectivity index (χ0) is 31.2. The molecule has 4 aromatic rings. The van der Waals surface area contributed by atoms with E-state index in [0.29, 0.717) is 15.8 Å². The summed E-state index contributed by atoms with van der Waals surface area (Å²) in [6.07, 6.45) is 1.76. The lowest BCUT2D eigenvalue weighted by Gasteiger charge is -2.26. The van der Waals surface area contributed by atoms with Gasteiger partial charge < -0.3 is 14.6 Å². The first-order valence-electron chi connectivity index (χ1n) is 15.0. The summed E-state index contributed by atoms with van der Waals surface area (Å²) in [6, 6.07) is 30.0. The second-order valence-electron chi connectivity index (χ2n) is 11.1. The van der Waals surface area contributed by atoms with E-state index in [2.05, 4.69) is 41.3 Å². The Kier molecular flexibility index (Phi) is 9.91. The van der Waals surface area contributed by atoms with E-state index in [-0.39, 0.29) is 24.8 Å². The quantitative estimate of drug-likeness (QED) is 0.144. The molecule has 2 heterocycles. The van der Waals surface area contributed by atoms with E-state index in [9.17, 15) is 14.7 Å². The summed E-state index contributed by atoms with van der Waals surface area (Å²) in [6.45, 7) is 4.87. The number of rotatable bonds is 11. The van der Waals surface area contributed by atoms with Crippen LogP contribution >= 0.6 is 24.0 Å². The average Bonchev–Trinajstić information content (AvgIpc) is 3.32. The fraction of sp³-hybridized carbons (Fsp3) is 0.250. The molecule has 6 rings (SSSR count). The number of nitrogens with zero attached hydrogens (tertiary/aromatic N) is 2. The fourth-order valence-electron chi connectivity index (χ4n) is 5.71. The van der Waals surface area contributed by atoms with Crippen LogP contribution in [0, 0.1) is 0 Å². The Bertz CT molecular complexity index is 1740. The van der Waals surface area contributed by atoms with Crippen molar-refractivity contribution in [3.63, 3.8) is 0 Å². The van der Waals surface area contributed by atoms with Gasteiger partial charge in [0.2, 0.25) is 0 Å². The van der Waals surface area contributed by atoms with E-state index in [0.717, 1.165) is 71.6 Å². The molecule has 1 amide bonds. The van der Waals surface area contributed by atoms with Crippen LogP contribution in [-0.2, 0) is 14.3 Å². The summed E-state index contributed by atoms with van der Waals surface area (Å²) in [5.74, 6) is -0.728. The second kappa shape index (κ2) is 14.4. The van der Waals surface area contributed by atoms with Crippen molar-refractivity contribution in [2.75, 3.05) is 46.0 Å². The highest BCUT2D eigenvalue weighted by atomic mass is 32.2. The van der Waals surface area contributed by atoms with Crippen molar-refractivity contribution in [1.82, 2.24) is 9.80 Å². The summed E-state index contributed by atoms with van der Waals surface area (Å²) in [5, 5.41) is 11.8. The largest absolute Gasteiger partial charge is 0.492 e. The fourth-order valence-corrected chi connectivity index (χ4v) is 6.98. The van der Waals surface area contributed by atoms with Crippen molar-refractivity contribution in [3.05, 3.63) is 107 Å². The molecule has 0 aliphatic carbocycles. The van der Waals surface area contributed by atoms with E-state index in [1.807, 2.05) is 60.7 Å². The van der Waals surface area contributed by atoms with Gasteiger partial charge in [0.1, 0.15) is 16.7 Å². The molecule has 7 nitrogen and oxygen atoms in total. The van der Waals surface area contributed by atoms with Crippen LogP contribution in [0.3, 0.4) is 0 Å². The number of hydrogen-bond donors (Lipinski definition) is 1. The van der Waals surface area contributed by atoms with Gasteiger partial charge in [0.15, 0.2) is 0 Å². The first-order valence-corrected chi connectivity index (χ1v) is 16.3. The number of thiocarbonyl (C=S) groups is 1. The zero-order valence-corrected chi connectivity index (χ0v) is 26.4. The first kappa shape index (κ1) is 31.0. The molecule has 1 N–H and O–H groups in total. The molecule has 0 radical (unpaired) electrons. The molecule has 9 heteroatoms. The van der Waals surface area contributed by atoms with Crippen LogP contribution in [0.4, 0.5) is 0 Å². The Morgan fingerprint density at radius 3 is 2.51 bits per heavy atom. The normalized spacial score (nSPS) is 17.2. The van der Waals surface area contributed by atoms with Crippen molar-refractivity contribution < 1.29 is 24.2 Å². The monoisotopic (exact) mass is 638 g/mol. The van der Waals surface area contributed by atoms with Crippen molar-refractivity contribution in [2.45, 2.75) is 12.3 Å². The lowest BCUT2D eigenvalue weighted by molar-refractivity contribution is -0.137. The molecule has 230 valence electrons. The second-order valence-corrected chi connectivity index (χ2v) is 12.8. The molecule has 2 saturated heterocycles. The number of hydrogen-bond acceptors (Lipinski definition) is 7. The molecule has 2 aliphatic heterocycles. The minimum Gasteiger partial charge on any atom is -0.492 e. The third-order valence-electron chi connectivity index (χ3n) is 8.10. The van der Waals surface area contributed by atoms with E-state index in [4.69, 9.17) is 21.7 Å². The maximum absolute atomic E-state index is 13.6. The number of benzene rings is 4. The number of carbonyl (C=O) groups is 2. The van der Waals surface area contributed by atoms with Crippen LogP contribution in [0.25, 0.3) is 28.0 Å². The predicted octanol–water partition coefficient (Wildman–Crippen LogP) is 6.68. The summed E-state index contributed by atoms with van der Waals surface area (Å²) in [4.78, 5) is 29.6. The third kappa shape index (κ3) is 7.62. The number of morpholine rings is 1. The molecule has 0 aromatic heterocycles. The van der Waals surface area contributed by atoms with Crippen molar-refractivity contribution >= 4 is 57.0 Å². The van der Waals surface area contributed by atoms with Crippen LogP contribution in [-0.4, -0.2) is 77.1 Å². The van der Waals surface area contributed by atoms with Crippen LogP contribution in [0.2, 0.25) is 0 Å². The molecular formula is C36H34N2O5S2. The maximum atomic E-state index is 13.6. The van der Waals surface area contributed by atoms with Crippen LogP contribution in [0.15, 0.2) is 95.9 Å². The molecule has 45 heavy (non-hydrogen) atoms. The van der Waals surface area contributed by atoms with Gasteiger partial charge in [-0.1, -0.05) is 96.8 Å². The SMILES string of the molecule is O=C(O)C[C@H](CN1C(=O)C(=Cc2ccc(OCCN3CCOCC3)c(-c3ccc4ccccc4c3)c2)SC1=S)c1ccccc1. The lowest BCUT2D eigenvalue weighted by atomic mass is 9.95. The van der Waals surface area contributed by atoms with E-state index in [1.165, 1.54) is 16.7 Å². The van der Waals surface area contributed by atoms with Gasteiger partial charge >= 0.3 is 5.97 Å². The Morgan fingerprint density at radius 1 is 0.978 bits per heavy atom. The standard InChI is InChI=1S/C36H34N2O5S2/c39-34(40)23-30(26-6-2-1-3-7-26)24-38-35(41)33(45-36(38)44)21-25-10-13-32(43-19-16-37-14-17-42-18-15-37)31(20-25)29-12-11-27-8-4-5-9-28(27)22-29/h1-13,20-22,30H,14-19,23-24H2,(H,39,40)/t30-/m1/s1. The molecule has 0 unspecified atom stereocenters. The third-order valence-corrected chi connectivity index (χ3v) is 9.48. The number of ether oxygens (including phenoxy) is 2. The molecular weight excluding hydrogens is 605 g/mol. The number of carbonyl (C=O) groups excluding carboxylic acids is 1. The highest BCUT2D eigenvalue weighted by Gasteiger charge is 2.34. The number of aliphatic carboxylic acids is 1. The van der Waals surface area contributed by atoms with Crippen molar-refractivity contribution in [2.24, 2.45) is 0 Å². The highest BCUT2D eigenvalue weighted by Crippen LogP contribution is 2.37. The van der Waals surface area contributed by atoms with Crippen molar-refractivity contribution in [1.29, 1.82) is 0 Å². The molecule has 0 bridgehead atoms. The molecule has 2 fully saturated rings. The number of amides is 1. The van der Waals surface area contributed by atoms with E-state index >= 15 is 0 Å². The predicted molar refractivity (Wildman–Crippen MR) is 183 cm³/mol.